The Labute approximate surface area is 188 Å². The number of benzene rings is 3. The number of allylic oxidation sites excluding steroid dienone is 1. The molecule has 0 aromatic heterocycles. The molecule has 5 heteroatoms. The highest BCUT2D eigenvalue weighted by atomic mass is 32.1. The average molecular weight is 428 g/mol. The highest BCUT2D eigenvalue weighted by Crippen LogP contribution is 2.35. The lowest BCUT2D eigenvalue weighted by atomic mass is 9.84. The summed E-state index contributed by atoms with van der Waals surface area (Å²) in [6.45, 7) is 6.71. The smallest absolute Gasteiger partial charge is 0.171 e. The van der Waals surface area contributed by atoms with Crippen LogP contribution in [-0.4, -0.2) is 5.11 Å². The lowest BCUT2D eigenvalue weighted by Gasteiger charge is -2.34. The Balaban J connectivity index is 1.55. The fourth-order valence-electron chi connectivity index (χ4n) is 3.86. The summed E-state index contributed by atoms with van der Waals surface area (Å²) in [7, 11) is 0. The van der Waals surface area contributed by atoms with E-state index in [0.29, 0.717) is 17.3 Å². The van der Waals surface area contributed by atoms with Crippen LogP contribution in [0, 0.1) is 16.7 Å². The maximum atomic E-state index is 9.84. The lowest BCUT2D eigenvalue weighted by molar-refractivity contribution is 0.307. The highest BCUT2D eigenvalue weighted by Gasteiger charge is 2.32. The van der Waals surface area contributed by atoms with Crippen molar-refractivity contribution in [2.24, 2.45) is 5.41 Å². The van der Waals surface area contributed by atoms with Crippen molar-refractivity contribution in [2.75, 3.05) is 0 Å². The summed E-state index contributed by atoms with van der Waals surface area (Å²) in [5.41, 5.74) is 3.43. The Morgan fingerprint density at radius 3 is 2.42 bits per heavy atom. The predicted molar refractivity (Wildman–Crippen MR) is 128 cm³/mol. The third-order valence-electron chi connectivity index (χ3n) is 5.43. The van der Waals surface area contributed by atoms with Crippen LogP contribution in [-0.2, 0) is 6.61 Å². The van der Waals surface area contributed by atoms with Crippen molar-refractivity contribution in [1.82, 2.24) is 10.6 Å². The lowest BCUT2D eigenvalue weighted by Crippen LogP contribution is -2.46. The van der Waals surface area contributed by atoms with E-state index in [1.54, 1.807) is 0 Å². The van der Waals surface area contributed by atoms with Crippen molar-refractivity contribution in [3.63, 3.8) is 0 Å². The minimum absolute atomic E-state index is 0.211. The number of nitrogens with zero attached hydrogens (tertiary/aromatic N) is 1. The number of hydrogen-bond acceptors (Lipinski definition) is 3. The largest absolute Gasteiger partial charge is 0.489 e. The second-order valence-corrected chi connectivity index (χ2v) is 9.09. The van der Waals surface area contributed by atoms with Crippen molar-refractivity contribution in [3.8, 4) is 11.8 Å². The van der Waals surface area contributed by atoms with Crippen LogP contribution in [0.5, 0.6) is 5.75 Å². The van der Waals surface area contributed by atoms with Gasteiger partial charge in [0, 0.05) is 11.1 Å². The van der Waals surface area contributed by atoms with Crippen LogP contribution in [0.3, 0.4) is 0 Å². The number of hydrogen-bond donors (Lipinski definition) is 2. The minimum atomic E-state index is -0.278. The molecule has 0 bridgehead atoms. The van der Waals surface area contributed by atoms with E-state index in [-0.39, 0.29) is 11.5 Å². The third kappa shape index (κ3) is 4.40. The van der Waals surface area contributed by atoms with E-state index in [1.165, 1.54) is 10.8 Å². The number of nitrogens with one attached hydrogen (secondary N) is 2. The van der Waals surface area contributed by atoms with Gasteiger partial charge in [-0.15, -0.1) is 0 Å². The fourth-order valence-corrected chi connectivity index (χ4v) is 4.08. The first-order valence-electron chi connectivity index (χ1n) is 10.3. The van der Waals surface area contributed by atoms with Gasteiger partial charge in [-0.05, 0) is 46.2 Å². The maximum Gasteiger partial charge on any atom is 0.171 e. The highest BCUT2D eigenvalue weighted by molar-refractivity contribution is 7.80. The van der Waals surface area contributed by atoms with Crippen molar-refractivity contribution in [1.29, 1.82) is 5.26 Å². The molecule has 0 saturated carbocycles. The number of nitriles is 1. The summed E-state index contributed by atoms with van der Waals surface area (Å²) in [5.74, 6) is 0.784. The molecule has 0 saturated heterocycles. The molecule has 0 fully saturated rings. The SMILES string of the molecule is CC(C)(C)C1=C(C#N)[C@@H](c2ccc(OCc3cccc4ccccc34)cc2)NC(=S)N1. The summed E-state index contributed by atoms with van der Waals surface area (Å²) < 4.78 is 6.06. The molecule has 31 heavy (non-hydrogen) atoms. The minimum Gasteiger partial charge on any atom is -0.489 e. The second-order valence-electron chi connectivity index (χ2n) is 8.68. The van der Waals surface area contributed by atoms with Gasteiger partial charge in [0.2, 0.25) is 0 Å². The monoisotopic (exact) mass is 427 g/mol. The van der Waals surface area contributed by atoms with E-state index in [4.69, 9.17) is 17.0 Å². The van der Waals surface area contributed by atoms with Crippen molar-refractivity contribution < 1.29 is 4.74 Å². The van der Waals surface area contributed by atoms with Crippen LogP contribution in [0.15, 0.2) is 78.0 Å². The molecule has 0 radical (unpaired) electrons. The Kier molecular flexibility index (Phi) is 5.67. The van der Waals surface area contributed by atoms with Gasteiger partial charge in [0.15, 0.2) is 5.11 Å². The summed E-state index contributed by atoms with van der Waals surface area (Å²) in [6.07, 6.45) is 0. The standard InChI is InChI=1S/C26H25N3OS/c1-26(2,3)24-22(15-27)23(28-25(31)29-24)18-11-13-20(14-12-18)30-16-19-9-6-8-17-7-4-5-10-21(17)19/h4-14,23H,16H2,1-3H3,(H2,28,29,31)/t23-/m1/s1. The zero-order valence-corrected chi connectivity index (χ0v) is 18.7. The summed E-state index contributed by atoms with van der Waals surface area (Å²) in [5, 5.41) is 19.2. The summed E-state index contributed by atoms with van der Waals surface area (Å²) >= 11 is 5.40. The topological polar surface area (TPSA) is 57.1 Å². The van der Waals surface area contributed by atoms with E-state index in [2.05, 4.69) is 67.8 Å². The Morgan fingerprint density at radius 1 is 1.00 bits per heavy atom. The zero-order chi connectivity index (χ0) is 22.0. The number of rotatable bonds is 4. The number of thiocarbonyl (C=S) groups is 1. The van der Waals surface area contributed by atoms with E-state index in [0.717, 1.165) is 22.6 Å². The van der Waals surface area contributed by atoms with E-state index < -0.39 is 0 Å². The van der Waals surface area contributed by atoms with Crippen LogP contribution in [0.2, 0.25) is 0 Å². The Hall–Kier alpha value is -3.36. The Bertz CT molecular complexity index is 1190. The molecular formula is C26H25N3OS. The van der Waals surface area contributed by atoms with Gasteiger partial charge in [0.1, 0.15) is 12.4 Å². The zero-order valence-electron chi connectivity index (χ0n) is 17.9. The van der Waals surface area contributed by atoms with Crippen LogP contribution < -0.4 is 15.4 Å². The van der Waals surface area contributed by atoms with Crippen LogP contribution >= 0.6 is 12.2 Å². The van der Waals surface area contributed by atoms with Crippen molar-refractivity contribution in [3.05, 3.63) is 89.1 Å². The molecule has 0 amide bonds. The molecule has 0 spiro atoms. The molecule has 4 rings (SSSR count). The second kappa shape index (κ2) is 8.41. The van der Waals surface area contributed by atoms with Gasteiger partial charge < -0.3 is 15.4 Å². The molecule has 1 aliphatic rings. The van der Waals surface area contributed by atoms with Gasteiger partial charge in [-0.3, -0.25) is 0 Å². The van der Waals surface area contributed by atoms with Gasteiger partial charge in [-0.2, -0.15) is 5.26 Å². The fraction of sp³-hybridized carbons (Fsp3) is 0.231. The van der Waals surface area contributed by atoms with Crippen LogP contribution in [0.25, 0.3) is 10.8 Å². The van der Waals surface area contributed by atoms with Gasteiger partial charge in [-0.25, -0.2) is 0 Å². The molecule has 4 nitrogen and oxygen atoms in total. The first kappa shape index (κ1) is 20.9. The van der Waals surface area contributed by atoms with Gasteiger partial charge in [0.05, 0.1) is 17.7 Å². The summed E-state index contributed by atoms with van der Waals surface area (Å²) in [4.78, 5) is 0. The molecule has 1 atom stereocenters. The maximum absolute atomic E-state index is 9.84. The average Bonchev–Trinajstić information content (AvgIpc) is 2.77. The Morgan fingerprint density at radius 2 is 1.71 bits per heavy atom. The van der Waals surface area contributed by atoms with Gasteiger partial charge in [0.25, 0.3) is 0 Å². The third-order valence-corrected chi connectivity index (χ3v) is 5.65. The van der Waals surface area contributed by atoms with Gasteiger partial charge >= 0.3 is 0 Å². The quantitative estimate of drug-likeness (QED) is 0.518. The molecule has 3 aromatic carbocycles. The molecule has 156 valence electrons. The first-order valence-corrected chi connectivity index (χ1v) is 10.7. The number of fused-ring (bicyclic) bond motifs is 1. The molecule has 1 heterocycles. The van der Waals surface area contributed by atoms with E-state index >= 15 is 0 Å². The van der Waals surface area contributed by atoms with Crippen molar-refractivity contribution >= 4 is 28.1 Å². The normalized spacial score (nSPS) is 16.5. The van der Waals surface area contributed by atoms with E-state index in [1.807, 2.05) is 36.4 Å². The van der Waals surface area contributed by atoms with Crippen molar-refractivity contribution in [2.45, 2.75) is 33.4 Å². The van der Waals surface area contributed by atoms with Crippen LogP contribution in [0.4, 0.5) is 0 Å². The first-order chi connectivity index (χ1) is 14.9. The van der Waals surface area contributed by atoms with E-state index in [9.17, 15) is 5.26 Å². The molecule has 2 N–H and O–H groups in total. The van der Waals surface area contributed by atoms with Crippen LogP contribution in [0.1, 0.15) is 37.9 Å². The molecule has 3 aromatic rings. The molecule has 0 aliphatic carbocycles. The molecule has 0 unspecified atom stereocenters. The number of ether oxygens (including phenoxy) is 1. The molecular weight excluding hydrogens is 402 g/mol. The predicted octanol–water partition coefficient (Wildman–Crippen LogP) is 5.76. The van der Waals surface area contributed by atoms with Gasteiger partial charge in [-0.1, -0.05) is 75.4 Å². The summed E-state index contributed by atoms with van der Waals surface area (Å²) in [6, 6.07) is 24.5. The molecule has 1 aliphatic heterocycles.